The van der Waals surface area contributed by atoms with Crippen LogP contribution < -0.4 is 0 Å². The molecule has 1 heterocycles. The van der Waals surface area contributed by atoms with Crippen molar-refractivity contribution in [1.29, 1.82) is 0 Å². The predicted octanol–water partition coefficient (Wildman–Crippen LogP) is 3.39. The molecule has 0 bridgehead atoms. The van der Waals surface area contributed by atoms with Crippen molar-refractivity contribution < 1.29 is 18.0 Å². The van der Waals surface area contributed by atoms with Gasteiger partial charge in [0, 0.05) is 19.0 Å². The van der Waals surface area contributed by atoms with E-state index in [0.717, 1.165) is 12.8 Å². The number of likely N-dealkylation sites (tertiary alicyclic amines) is 1. The number of hydrogen-bond acceptors (Lipinski definition) is 1. The van der Waals surface area contributed by atoms with Gasteiger partial charge in [0.05, 0.1) is 5.92 Å². The summed E-state index contributed by atoms with van der Waals surface area (Å²) in [5.41, 5.74) is -0.905. The van der Waals surface area contributed by atoms with Crippen LogP contribution in [-0.4, -0.2) is 30.1 Å². The Morgan fingerprint density at radius 1 is 1.26 bits per heavy atom. The molecule has 0 spiro atoms. The number of alkyl halides is 3. The molecule has 0 saturated carbocycles. The molecule has 1 aliphatic carbocycles. The lowest BCUT2D eigenvalue weighted by molar-refractivity contribution is -0.217. The van der Waals surface area contributed by atoms with Crippen LogP contribution >= 0.6 is 0 Å². The van der Waals surface area contributed by atoms with Crippen LogP contribution in [0.15, 0.2) is 12.2 Å². The lowest BCUT2D eigenvalue weighted by Crippen LogP contribution is -2.53. The van der Waals surface area contributed by atoms with Gasteiger partial charge in [-0.05, 0) is 24.7 Å². The van der Waals surface area contributed by atoms with Crippen molar-refractivity contribution in [1.82, 2.24) is 4.90 Å². The van der Waals surface area contributed by atoms with Crippen molar-refractivity contribution in [2.24, 2.45) is 17.3 Å². The molecule has 1 fully saturated rings. The molecule has 0 aromatic rings. The Morgan fingerprint density at radius 3 is 2.32 bits per heavy atom. The SMILES string of the molecule is CC1(C)CN(C(=O)C2CC=CC2)CC[C@@H]1C(F)(F)F. The van der Waals surface area contributed by atoms with E-state index >= 15 is 0 Å². The number of carbonyl (C=O) groups is 1. The Hall–Kier alpha value is -1.00. The average molecular weight is 275 g/mol. The van der Waals surface area contributed by atoms with E-state index in [1.54, 1.807) is 18.7 Å². The van der Waals surface area contributed by atoms with Gasteiger partial charge < -0.3 is 4.90 Å². The van der Waals surface area contributed by atoms with Gasteiger partial charge in [0.1, 0.15) is 0 Å². The van der Waals surface area contributed by atoms with Gasteiger partial charge in [0.25, 0.3) is 0 Å². The molecular weight excluding hydrogens is 255 g/mol. The molecule has 1 aliphatic heterocycles. The minimum absolute atomic E-state index is 0.0127. The van der Waals surface area contributed by atoms with E-state index in [1.165, 1.54) is 0 Å². The van der Waals surface area contributed by atoms with Crippen LogP contribution in [-0.2, 0) is 4.79 Å². The maximum atomic E-state index is 13.0. The van der Waals surface area contributed by atoms with Gasteiger partial charge in [-0.15, -0.1) is 0 Å². The van der Waals surface area contributed by atoms with Crippen molar-refractivity contribution in [2.45, 2.75) is 39.3 Å². The molecule has 2 aliphatic rings. The zero-order valence-electron chi connectivity index (χ0n) is 11.3. The number of carbonyl (C=O) groups excluding carboxylic acids is 1. The van der Waals surface area contributed by atoms with Crippen molar-refractivity contribution in [3.8, 4) is 0 Å². The standard InChI is InChI=1S/C14H20F3NO/c1-13(2)9-18(8-7-11(13)14(15,16)17)12(19)10-5-3-4-6-10/h3-4,10-11H,5-9H2,1-2H3/t11-/m0/s1. The third-order valence-corrected chi connectivity index (χ3v) is 4.29. The van der Waals surface area contributed by atoms with Gasteiger partial charge in [0.15, 0.2) is 0 Å². The molecule has 19 heavy (non-hydrogen) atoms. The zero-order chi connectivity index (χ0) is 14.3. The average Bonchev–Trinajstić information content (AvgIpc) is 2.77. The minimum Gasteiger partial charge on any atom is -0.342 e. The van der Waals surface area contributed by atoms with Crippen LogP contribution in [0.1, 0.15) is 33.1 Å². The normalized spacial score (nSPS) is 27.8. The van der Waals surface area contributed by atoms with Crippen LogP contribution in [0.25, 0.3) is 0 Å². The summed E-state index contributed by atoms with van der Waals surface area (Å²) >= 11 is 0. The Labute approximate surface area is 111 Å². The summed E-state index contributed by atoms with van der Waals surface area (Å²) in [6, 6.07) is 0. The molecule has 108 valence electrons. The number of rotatable bonds is 1. The van der Waals surface area contributed by atoms with Crippen molar-refractivity contribution in [3.05, 3.63) is 12.2 Å². The molecule has 1 saturated heterocycles. The van der Waals surface area contributed by atoms with Gasteiger partial charge in [-0.3, -0.25) is 4.79 Å². The molecule has 5 heteroatoms. The van der Waals surface area contributed by atoms with E-state index in [4.69, 9.17) is 0 Å². The van der Waals surface area contributed by atoms with E-state index in [1.807, 2.05) is 12.2 Å². The number of amides is 1. The van der Waals surface area contributed by atoms with E-state index in [-0.39, 0.29) is 31.3 Å². The minimum atomic E-state index is -4.17. The van der Waals surface area contributed by atoms with Crippen LogP contribution in [0.2, 0.25) is 0 Å². The smallest absolute Gasteiger partial charge is 0.342 e. The van der Waals surface area contributed by atoms with Gasteiger partial charge >= 0.3 is 6.18 Å². The third kappa shape index (κ3) is 2.95. The first-order chi connectivity index (χ1) is 8.72. The Bertz CT molecular complexity index is 379. The zero-order valence-corrected chi connectivity index (χ0v) is 11.3. The summed E-state index contributed by atoms with van der Waals surface area (Å²) in [5, 5.41) is 0. The monoisotopic (exact) mass is 275 g/mol. The van der Waals surface area contributed by atoms with E-state index < -0.39 is 17.5 Å². The second-order valence-electron chi connectivity index (χ2n) is 6.27. The molecule has 0 aromatic carbocycles. The molecule has 1 atom stereocenters. The summed E-state index contributed by atoms with van der Waals surface area (Å²) in [7, 11) is 0. The van der Waals surface area contributed by atoms with Gasteiger partial charge in [0.2, 0.25) is 5.91 Å². The summed E-state index contributed by atoms with van der Waals surface area (Å²) in [6.07, 6.45) is 1.22. The summed E-state index contributed by atoms with van der Waals surface area (Å²) in [4.78, 5) is 13.9. The lowest BCUT2D eigenvalue weighted by Gasteiger charge is -2.45. The Kier molecular flexibility index (Phi) is 3.67. The van der Waals surface area contributed by atoms with Gasteiger partial charge in [-0.1, -0.05) is 26.0 Å². The summed E-state index contributed by atoms with van der Waals surface area (Å²) in [5.74, 6) is -1.36. The number of halogens is 3. The van der Waals surface area contributed by atoms with Crippen molar-refractivity contribution in [3.63, 3.8) is 0 Å². The Morgan fingerprint density at radius 2 is 1.84 bits per heavy atom. The largest absolute Gasteiger partial charge is 0.392 e. The van der Waals surface area contributed by atoms with E-state index in [9.17, 15) is 18.0 Å². The van der Waals surface area contributed by atoms with Crippen LogP contribution in [0.5, 0.6) is 0 Å². The fourth-order valence-corrected chi connectivity index (χ4v) is 3.23. The molecule has 0 radical (unpaired) electrons. The maximum Gasteiger partial charge on any atom is 0.392 e. The van der Waals surface area contributed by atoms with E-state index in [0.29, 0.717) is 0 Å². The van der Waals surface area contributed by atoms with Crippen molar-refractivity contribution >= 4 is 5.91 Å². The topological polar surface area (TPSA) is 20.3 Å². The number of nitrogens with zero attached hydrogens (tertiary/aromatic N) is 1. The molecular formula is C14H20F3NO. The van der Waals surface area contributed by atoms with Crippen LogP contribution in [0, 0.1) is 17.3 Å². The molecule has 2 rings (SSSR count). The van der Waals surface area contributed by atoms with Gasteiger partial charge in [-0.25, -0.2) is 0 Å². The summed E-state index contributed by atoms with van der Waals surface area (Å²) in [6.45, 7) is 3.64. The third-order valence-electron chi connectivity index (χ3n) is 4.29. The first-order valence-electron chi connectivity index (χ1n) is 6.72. The maximum absolute atomic E-state index is 13.0. The van der Waals surface area contributed by atoms with E-state index in [2.05, 4.69) is 0 Å². The second kappa shape index (κ2) is 4.84. The van der Waals surface area contributed by atoms with Crippen LogP contribution in [0.3, 0.4) is 0 Å². The first-order valence-corrected chi connectivity index (χ1v) is 6.72. The molecule has 0 unspecified atom stereocenters. The van der Waals surface area contributed by atoms with Gasteiger partial charge in [-0.2, -0.15) is 13.2 Å². The molecule has 2 nitrogen and oxygen atoms in total. The number of piperidine rings is 1. The Balaban J connectivity index is 2.03. The molecule has 1 amide bonds. The van der Waals surface area contributed by atoms with Crippen LogP contribution in [0.4, 0.5) is 13.2 Å². The number of hydrogen-bond donors (Lipinski definition) is 0. The molecule has 0 N–H and O–H groups in total. The highest BCUT2D eigenvalue weighted by atomic mass is 19.4. The highest BCUT2D eigenvalue weighted by molar-refractivity contribution is 5.79. The quantitative estimate of drug-likeness (QED) is 0.672. The van der Waals surface area contributed by atoms with Crippen molar-refractivity contribution in [2.75, 3.05) is 13.1 Å². The highest BCUT2D eigenvalue weighted by Crippen LogP contribution is 2.45. The number of allylic oxidation sites excluding steroid dienone is 2. The second-order valence-corrected chi connectivity index (χ2v) is 6.27. The predicted molar refractivity (Wildman–Crippen MR) is 66.4 cm³/mol. The highest BCUT2D eigenvalue weighted by Gasteiger charge is 2.52. The fourth-order valence-electron chi connectivity index (χ4n) is 3.23. The molecule has 0 aromatic heterocycles. The first kappa shape index (κ1) is 14.4. The lowest BCUT2D eigenvalue weighted by atomic mass is 9.73. The summed E-state index contributed by atoms with van der Waals surface area (Å²) < 4.78 is 38.9. The fraction of sp³-hybridized carbons (Fsp3) is 0.786.